The number of benzene rings is 1. The number of aromatic nitrogens is 4. The smallest absolute Gasteiger partial charge is 0.333 e. The van der Waals surface area contributed by atoms with Gasteiger partial charge in [0.25, 0.3) is 5.91 Å². The molecule has 0 spiro atoms. The molecule has 37 heavy (non-hydrogen) atoms. The lowest BCUT2D eigenvalue weighted by Crippen LogP contribution is -2.39. The molecule has 4 aromatic rings. The molecule has 0 atom stereocenters. The van der Waals surface area contributed by atoms with Gasteiger partial charge < -0.3 is 5.32 Å². The van der Waals surface area contributed by atoms with Crippen LogP contribution in [0.15, 0.2) is 53.6 Å². The van der Waals surface area contributed by atoms with Crippen molar-refractivity contribution in [3.63, 3.8) is 0 Å². The number of nitrogens with zero attached hydrogens (tertiary/aromatic N) is 4. The van der Waals surface area contributed by atoms with Gasteiger partial charge in [0, 0.05) is 24.5 Å². The first-order valence-electron chi connectivity index (χ1n) is 12.9. The van der Waals surface area contributed by atoms with Crippen molar-refractivity contribution in [2.24, 2.45) is 5.92 Å². The number of pyridine rings is 2. The predicted molar refractivity (Wildman–Crippen MR) is 147 cm³/mol. The summed E-state index contributed by atoms with van der Waals surface area (Å²) in [5, 5.41) is 3.61. The number of amides is 1. The van der Waals surface area contributed by atoms with Crippen molar-refractivity contribution in [2.75, 3.05) is 0 Å². The molecule has 3 aromatic heterocycles. The number of aryl methyl sites for hydroxylation is 3. The quantitative estimate of drug-likeness (QED) is 0.371. The molecule has 3 heterocycles. The average molecular weight is 518 g/mol. The summed E-state index contributed by atoms with van der Waals surface area (Å²) in [5.41, 5.74) is 5.87. The third kappa shape index (κ3) is 5.05. The monoisotopic (exact) mass is 517 g/mol. The largest absolute Gasteiger partial charge is 0.349 e. The number of imidazole rings is 1. The third-order valence-electron chi connectivity index (χ3n) is 7.50. The Balaban J connectivity index is 1.33. The summed E-state index contributed by atoms with van der Waals surface area (Å²) in [7, 11) is 0. The predicted octanol–water partition coefficient (Wildman–Crippen LogP) is 5.40. The maximum absolute atomic E-state index is 13.7. The molecule has 1 aliphatic carbocycles. The zero-order valence-corrected chi connectivity index (χ0v) is 22.3. The number of rotatable bonds is 6. The molecule has 0 bridgehead atoms. The number of fused-ring (bicyclic) bond motifs is 1. The molecule has 1 aliphatic rings. The van der Waals surface area contributed by atoms with Crippen molar-refractivity contribution in [1.82, 2.24) is 24.4 Å². The highest BCUT2D eigenvalue weighted by atomic mass is 35.5. The van der Waals surface area contributed by atoms with Crippen molar-refractivity contribution >= 4 is 28.5 Å². The van der Waals surface area contributed by atoms with Crippen LogP contribution in [-0.2, 0) is 13.0 Å². The van der Waals surface area contributed by atoms with Crippen molar-refractivity contribution < 1.29 is 4.79 Å². The van der Waals surface area contributed by atoms with Gasteiger partial charge in [0.15, 0.2) is 0 Å². The van der Waals surface area contributed by atoms with Gasteiger partial charge in [-0.1, -0.05) is 30.7 Å². The molecule has 8 heteroatoms. The first-order chi connectivity index (χ1) is 17.9. The van der Waals surface area contributed by atoms with E-state index in [1.54, 1.807) is 16.8 Å². The second-order valence-electron chi connectivity index (χ2n) is 10.0. The Labute approximate surface area is 221 Å². The van der Waals surface area contributed by atoms with Gasteiger partial charge in [-0.05, 0) is 81.7 Å². The van der Waals surface area contributed by atoms with Crippen LogP contribution in [-0.4, -0.2) is 31.1 Å². The lowest BCUT2D eigenvalue weighted by Gasteiger charge is -2.29. The molecule has 5 rings (SSSR count). The van der Waals surface area contributed by atoms with Crippen LogP contribution in [0, 0.1) is 19.8 Å². The Morgan fingerprint density at radius 1 is 1.05 bits per heavy atom. The van der Waals surface area contributed by atoms with Crippen LogP contribution in [0.3, 0.4) is 0 Å². The van der Waals surface area contributed by atoms with E-state index >= 15 is 0 Å². The van der Waals surface area contributed by atoms with Crippen molar-refractivity contribution in [3.8, 4) is 5.69 Å². The minimum absolute atomic E-state index is 0.0327. The standard InChI is InChI=1S/C29H32ClN5O2/c1-4-22-13-18(2)27(16-32-22)35-26-8-6-5-7-25(26)34(29(35)37)17-20-9-11-23(12-10-20)33-28(36)24-14-21(30)15-31-19(24)3/h5-8,13-16,20,23H,4,9-12,17H2,1-3H3,(H,33,36). The SMILES string of the molecule is CCc1cc(C)c(-n2c(=O)n(CC3CCC(NC(=O)c4cc(Cl)cnc4C)CC3)c3ccccc32)cn1. The van der Waals surface area contributed by atoms with Gasteiger partial charge in [-0.3, -0.25) is 23.9 Å². The number of carbonyl (C=O) groups is 1. The fraction of sp³-hybridized carbons (Fsp3) is 0.379. The van der Waals surface area contributed by atoms with Crippen molar-refractivity contribution in [3.05, 3.63) is 86.8 Å². The van der Waals surface area contributed by atoms with Crippen LogP contribution >= 0.6 is 11.6 Å². The molecule has 1 amide bonds. The number of carbonyl (C=O) groups excluding carboxylic acids is 1. The Kier molecular flexibility index (Phi) is 7.15. The maximum atomic E-state index is 13.7. The van der Waals surface area contributed by atoms with E-state index in [1.807, 2.05) is 48.9 Å². The van der Waals surface area contributed by atoms with Gasteiger partial charge in [-0.15, -0.1) is 0 Å². The number of hydrogen-bond acceptors (Lipinski definition) is 4. The van der Waals surface area contributed by atoms with Gasteiger partial charge in [0.1, 0.15) is 0 Å². The third-order valence-corrected chi connectivity index (χ3v) is 7.71. The molecule has 1 saturated carbocycles. The molecule has 7 nitrogen and oxygen atoms in total. The minimum atomic E-state index is -0.131. The summed E-state index contributed by atoms with van der Waals surface area (Å²) in [6.07, 6.45) is 7.85. The fourth-order valence-electron chi connectivity index (χ4n) is 5.40. The van der Waals surface area contributed by atoms with Crippen LogP contribution in [0.4, 0.5) is 0 Å². The Hall–Kier alpha value is -3.45. The zero-order chi connectivity index (χ0) is 26.1. The van der Waals surface area contributed by atoms with Gasteiger partial charge in [-0.2, -0.15) is 0 Å². The first-order valence-corrected chi connectivity index (χ1v) is 13.3. The minimum Gasteiger partial charge on any atom is -0.349 e. The molecule has 1 N–H and O–H groups in total. The van der Waals surface area contributed by atoms with Gasteiger partial charge in [0.05, 0.1) is 39.2 Å². The van der Waals surface area contributed by atoms with E-state index in [2.05, 4.69) is 28.3 Å². The highest BCUT2D eigenvalue weighted by Gasteiger charge is 2.26. The maximum Gasteiger partial charge on any atom is 0.333 e. The molecule has 192 valence electrons. The van der Waals surface area contributed by atoms with E-state index in [1.165, 1.54) is 0 Å². The molecule has 0 radical (unpaired) electrons. The highest BCUT2D eigenvalue weighted by molar-refractivity contribution is 6.30. The van der Waals surface area contributed by atoms with Crippen LogP contribution in [0.25, 0.3) is 16.7 Å². The van der Waals surface area contributed by atoms with E-state index in [0.717, 1.165) is 60.1 Å². The Morgan fingerprint density at radius 3 is 2.49 bits per heavy atom. The van der Waals surface area contributed by atoms with Gasteiger partial charge in [-0.25, -0.2) is 4.79 Å². The van der Waals surface area contributed by atoms with E-state index in [4.69, 9.17) is 11.6 Å². The zero-order valence-electron chi connectivity index (χ0n) is 21.5. The normalized spacial score (nSPS) is 17.7. The molecular weight excluding hydrogens is 486 g/mol. The number of hydrogen-bond donors (Lipinski definition) is 1. The lowest BCUT2D eigenvalue weighted by molar-refractivity contribution is 0.0919. The van der Waals surface area contributed by atoms with E-state index in [0.29, 0.717) is 28.7 Å². The van der Waals surface area contributed by atoms with Crippen molar-refractivity contribution in [1.29, 1.82) is 0 Å². The average Bonchev–Trinajstić information content (AvgIpc) is 3.17. The molecule has 1 aromatic carbocycles. The van der Waals surface area contributed by atoms with Crippen LogP contribution in [0.1, 0.15) is 59.9 Å². The number of halogens is 1. The summed E-state index contributed by atoms with van der Waals surface area (Å²) in [4.78, 5) is 35.3. The number of nitrogens with one attached hydrogen (secondary N) is 1. The summed E-state index contributed by atoms with van der Waals surface area (Å²) in [6, 6.07) is 11.8. The van der Waals surface area contributed by atoms with Crippen molar-refractivity contribution in [2.45, 2.75) is 65.5 Å². The fourth-order valence-corrected chi connectivity index (χ4v) is 5.56. The van der Waals surface area contributed by atoms with Gasteiger partial charge in [0.2, 0.25) is 0 Å². The summed E-state index contributed by atoms with van der Waals surface area (Å²) < 4.78 is 3.71. The number of para-hydroxylation sites is 2. The summed E-state index contributed by atoms with van der Waals surface area (Å²) >= 11 is 6.04. The molecule has 1 fully saturated rings. The molecule has 0 saturated heterocycles. The molecule has 0 unspecified atom stereocenters. The Morgan fingerprint density at radius 2 is 1.78 bits per heavy atom. The van der Waals surface area contributed by atoms with Crippen LogP contribution in [0.2, 0.25) is 5.02 Å². The molecule has 0 aliphatic heterocycles. The Bertz CT molecular complexity index is 1510. The molecular formula is C29H32ClN5O2. The van der Waals surface area contributed by atoms with E-state index in [9.17, 15) is 9.59 Å². The van der Waals surface area contributed by atoms with E-state index in [-0.39, 0.29) is 17.6 Å². The first kappa shape index (κ1) is 25.2. The second kappa shape index (κ2) is 10.5. The highest BCUT2D eigenvalue weighted by Crippen LogP contribution is 2.28. The van der Waals surface area contributed by atoms with E-state index < -0.39 is 0 Å². The van der Waals surface area contributed by atoms with Crippen LogP contribution < -0.4 is 11.0 Å². The summed E-state index contributed by atoms with van der Waals surface area (Å²) in [6.45, 7) is 6.58. The lowest BCUT2D eigenvalue weighted by atomic mass is 9.85. The van der Waals surface area contributed by atoms with Crippen LogP contribution in [0.5, 0.6) is 0 Å². The van der Waals surface area contributed by atoms with Gasteiger partial charge >= 0.3 is 5.69 Å². The second-order valence-corrected chi connectivity index (χ2v) is 10.4. The topological polar surface area (TPSA) is 81.8 Å². The summed E-state index contributed by atoms with van der Waals surface area (Å²) in [5.74, 6) is 0.231.